The van der Waals surface area contributed by atoms with Gasteiger partial charge in [0.25, 0.3) is 5.91 Å². The Morgan fingerprint density at radius 2 is 2.07 bits per heavy atom. The van der Waals surface area contributed by atoms with Gasteiger partial charge in [0.2, 0.25) is 0 Å². The SMILES string of the molecule is O=C(c1ccnc(C(F)(F)F)c1Cl)N1[C@H]2CCC[C@@H]1c1nnc(-c3cccs3)n1C2. The largest absolute Gasteiger partial charge is 0.434 e. The number of rotatable bonds is 2. The van der Waals surface area contributed by atoms with Gasteiger partial charge in [0.1, 0.15) is 0 Å². The highest BCUT2D eigenvalue weighted by Gasteiger charge is 2.44. The minimum Gasteiger partial charge on any atom is -0.324 e. The van der Waals surface area contributed by atoms with Crippen LogP contribution in [0.15, 0.2) is 29.8 Å². The van der Waals surface area contributed by atoms with E-state index in [1.54, 1.807) is 16.2 Å². The average molecular weight is 454 g/mol. The van der Waals surface area contributed by atoms with E-state index in [1.807, 2.05) is 22.1 Å². The van der Waals surface area contributed by atoms with Crippen molar-refractivity contribution in [2.24, 2.45) is 0 Å². The summed E-state index contributed by atoms with van der Waals surface area (Å²) in [5.74, 6) is 0.878. The lowest BCUT2D eigenvalue weighted by molar-refractivity contribution is -0.141. The molecule has 0 aliphatic carbocycles. The number of piperidine rings is 1. The quantitative estimate of drug-likeness (QED) is 0.558. The summed E-state index contributed by atoms with van der Waals surface area (Å²) in [5, 5.41) is 9.96. The number of pyridine rings is 1. The zero-order valence-electron chi connectivity index (χ0n) is 15.4. The predicted octanol–water partition coefficient (Wildman–Crippen LogP) is 4.82. The van der Waals surface area contributed by atoms with Crippen LogP contribution in [-0.2, 0) is 12.7 Å². The Balaban J connectivity index is 1.55. The lowest BCUT2D eigenvalue weighted by Crippen LogP contribution is -2.52. The van der Waals surface area contributed by atoms with Crippen molar-refractivity contribution in [1.82, 2.24) is 24.6 Å². The summed E-state index contributed by atoms with van der Waals surface area (Å²) in [6.07, 6.45) is -1.45. The molecule has 5 rings (SSSR count). The third kappa shape index (κ3) is 3.01. The number of hydrogen-bond donors (Lipinski definition) is 0. The van der Waals surface area contributed by atoms with Crippen LogP contribution in [0, 0.1) is 0 Å². The van der Waals surface area contributed by atoms with Gasteiger partial charge in [0, 0.05) is 12.7 Å². The van der Waals surface area contributed by atoms with Crippen molar-refractivity contribution in [3.05, 3.63) is 51.9 Å². The first-order chi connectivity index (χ1) is 14.4. The van der Waals surface area contributed by atoms with Crippen molar-refractivity contribution in [2.75, 3.05) is 0 Å². The Hall–Kier alpha value is -2.46. The maximum absolute atomic E-state index is 13.3. The van der Waals surface area contributed by atoms with E-state index >= 15 is 0 Å². The standard InChI is InChI=1S/C19H15ClF3N5OS/c20-14-11(6-7-24-15(14)19(21,22)23)18(29)28-10-3-1-4-12(28)16-25-26-17(27(16)9-10)13-5-2-8-30-13/h2,5-8,10,12H,1,3-4,9H2/t10-,12+/m0/s1. The molecule has 1 fully saturated rings. The lowest BCUT2D eigenvalue weighted by atomic mass is 9.91. The number of amides is 1. The molecule has 156 valence electrons. The van der Waals surface area contributed by atoms with Gasteiger partial charge in [-0.05, 0) is 36.8 Å². The van der Waals surface area contributed by atoms with E-state index in [-0.39, 0.29) is 17.6 Å². The van der Waals surface area contributed by atoms with Crippen LogP contribution in [0.3, 0.4) is 0 Å². The second-order valence-corrected chi connectivity index (χ2v) is 8.63. The lowest BCUT2D eigenvalue weighted by Gasteiger charge is -2.45. The molecule has 3 aromatic rings. The minimum absolute atomic E-state index is 0.169. The van der Waals surface area contributed by atoms with Gasteiger partial charge < -0.3 is 9.47 Å². The number of halogens is 4. The first kappa shape index (κ1) is 19.5. The van der Waals surface area contributed by atoms with Gasteiger partial charge in [-0.25, -0.2) is 0 Å². The molecule has 3 aromatic heterocycles. The molecule has 30 heavy (non-hydrogen) atoms. The van der Waals surface area contributed by atoms with Crippen LogP contribution in [0.5, 0.6) is 0 Å². The van der Waals surface area contributed by atoms with Gasteiger partial charge in [0.05, 0.1) is 27.5 Å². The van der Waals surface area contributed by atoms with Crippen LogP contribution < -0.4 is 0 Å². The van der Waals surface area contributed by atoms with Crippen molar-refractivity contribution >= 4 is 28.8 Å². The fourth-order valence-electron chi connectivity index (χ4n) is 4.31. The topological polar surface area (TPSA) is 63.9 Å². The molecule has 11 heteroatoms. The van der Waals surface area contributed by atoms with Crippen molar-refractivity contribution < 1.29 is 18.0 Å². The van der Waals surface area contributed by atoms with Gasteiger partial charge in [-0.15, -0.1) is 21.5 Å². The Morgan fingerprint density at radius 3 is 2.80 bits per heavy atom. The summed E-state index contributed by atoms with van der Waals surface area (Å²) in [6.45, 7) is 0.493. The maximum Gasteiger partial charge on any atom is 0.434 e. The molecule has 0 spiro atoms. The number of carbonyl (C=O) groups excluding carboxylic acids is 1. The molecule has 0 unspecified atom stereocenters. The summed E-state index contributed by atoms with van der Waals surface area (Å²) < 4.78 is 41.6. The van der Waals surface area contributed by atoms with Gasteiger partial charge in [-0.1, -0.05) is 17.7 Å². The first-order valence-corrected chi connectivity index (χ1v) is 10.6. The summed E-state index contributed by atoms with van der Waals surface area (Å²) in [6, 6.07) is 4.61. The van der Waals surface area contributed by atoms with E-state index in [2.05, 4.69) is 15.2 Å². The number of aromatic nitrogens is 4. The molecular weight excluding hydrogens is 439 g/mol. The van der Waals surface area contributed by atoms with E-state index in [0.717, 1.165) is 29.7 Å². The zero-order chi connectivity index (χ0) is 21.0. The summed E-state index contributed by atoms with van der Waals surface area (Å²) in [5.41, 5.74) is -1.44. The molecule has 2 aliphatic heterocycles. The second kappa shape index (κ2) is 7.05. The highest BCUT2D eigenvalue weighted by molar-refractivity contribution is 7.13. The maximum atomic E-state index is 13.3. The van der Waals surface area contributed by atoms with Crippen LogP contribution in [0.1, 0.15) is 47.2 Å². The molecule has 0 aromatic carbocycles. The zero-order valence-corrected chi connectivity index (χ0v) is 17.0. The number of fused-ring (bicyclic) bond motifs is 4. The molecule has 0 saturated carbocycles. The fourth-order valence-corrected chi connectivity index (χ4v) is 5.32. The Labute approximate surface area is 178 Å². The number of nitrogens with zero attached hydrogens (tertiary/aromatic N) is 5. The third-order valence-corrected chi connectivity index (χ3v) is 6.83. The van der Waals surface area contributed by atoms with Crippen molar-refractivity contribution in [3.8, 4) is 10.7 Å². The highest BCUT2D eigenvalue weighted by Crippen LogP contribution is 2.42. The third-order valence-electron chi connectivity index (χ3n) is 5.58. The summed E-state index contributed by atoms with van der Waals surface area (Å²) in [4.78, 5) is 19.3. The number of alkyl halides is 3. The smallest absolute Gasteiger partial charge is 0.324 e. The first-order valence-electron chi connectivity index (χ1n) is 9.37. The Kier molecular flexibility index (Phi) is 4.59. The fraction of sp³-hybridized carbons (Fsp3) is 0.368. The van der Waals surface area contributed by atoms with Crippen LogP contribution in [0.2, 0.25) is 5.02 Å². The van der Waals surface area contributed by atoms with Gasteiger partial charge in [-0.3, -0.25) is 9.78 Å². The van der Waals surface area contributed by atoms with Gasteiger partial charge >= 0.3 is 6.18 Å². The number of hydrogen-bond acceptors (Lipinski definition) is 5. The average Bonchev–Trinajstić information content (AvgIpc) is 3.35. The Morgan fingerprint density at radius 1 is 1.23 bits per heavy atom. The van der Waals surface area contributed by atoms with Gasteiger partial charge in [-0.2, -0.15) is 13.2 Å². The van der Waals surface area contributed by atoms with E-state index in [1.165, 1.54) is 6.07 Å². The van der Waals surface area contributed by atoms with E-state index in [9.17, 15) is 18.0 Å². The van der Waals surface area contributed by atoms with E-state index in [0.29, 0.717) is 18.8 Å². The number of carbonyl (C=O) groups is 1. The van der Waals surface area contributed by atoms with Crippen LogP contribution in [-0.4, -0.2) is 36.6 Å². The molecule has 2 bridgehead atoms. The van der Waals surface area contributed by atoms with Crippen LogP contribution >= 0.6 is 22.9 Å². The number of thiophene rings is 1. The molecule has 5 heterocycles. The normalized spacial score (nSPS) is 20.9. The molecule has 1 amide bonds. The van der Waals surface area contributed by atoms with Crippen LogP contribution in [0.25, 0.3) is 10.7 Å². The minimum atomic E-state index is -4.74. The van der Waals surface area contributed by atoms with E-state index < -0.39 is 22.8 Å². The van der Waals surface area contributed by atoms with Crippen molar-refractivity contribution in [3.63, 3.8) is 0 Å². The molecular formula is C19H15ClF3N5OS. The summed E-state index contributed by atoms with van der Waals surface area (Å²) in [7, 11) is 0. The van der Waals surface area contributed by atoms with Crippen LogP contribution in [0.4, 0.5) is 13.2 Å². The molecule has 2 atom stereocenters. The summed E-state index contributed by atoms with van der Waals surface area (Å²) >= 11 is 7.53. The van der Waals surface area contributed by atoms with E-state index in [4.69, 9.17) is 11.6 Å². The molecule has 2 aliphatic rings. The molecule has 6 nitrogen and oxygen atoms in total. The van der Waals surface area contributed by atoms with Crippen molar-refractivity contribution in [1.29, 1.82) is 0 Å². The second-order valence-electron chi connectivity index (χ2n) is 7.30. The monoisotopic (exact) mass is 453 g/mol. The molecule has 0 radical (unpaired) electrons. The highest BCUT2D eigenvalue weighted by atomic mass is 35.5. The molecule has 1 saturated heterocycles. The van der Waals surface area contributed by atoms with Crippen molar-refractivity contribution in [2.45, 2.75) is 44.1 Å². The Bertz CT molecular complexity index is 1110. The van der Waals surface area contributed by atoms with Gasteiger partial charge in [0.15, 0.2) is 17.3 Å². The predicted molar refractivity (Wildman–Crippen MR) is 104 cm³/mol. The molecule has 0 N–H and O–H groups in total.